The van der Waals surface area contributed by atoms with Crippen LogP contribution in [0.5, 0.6) is 0 Å². The van der Waals surface area contributed by atoms with Crippen molar-refractivity contribution in [2.24, 2.45) is 13.0 Å². The number of hydrogen-bond donors (Lipinski definition) is 1. The highest BCUT2D eigenvalue weighted by molar-refractivity contribution is 6.05. The standard InChI is InChI=1S/C21H28N7O/c1-14(2)11-28-19-9-15(16-10-23-26(4)12-16)5-6-18(19)20(25-28)21(29)24-17-7-8-27(13-17)22-3/h5-6,9-10,12,14,17H,7-8,11,13H2,1-4H3,(H,24,29)/q-1/t17-/m1/s1. The Labute approximate surface area is 170 Å². The first-order valence-corrected chi connectivity index (χ1v) is 10.1. The van der Waals surface area contributed by atoms with Crippen molar-refractivity contribution in [3.63, 3.8) is 0 Å². The number of nitrogens with one attached hydrogen (secondary N) is 1. The lowest BCUT2D eigenvalue weighted by molar-refractivity contribution is 0.0934. The summed E-state index contributed by atoms with van der Waals surface area (Å²) in [5.41, 5.74) is 7.78. The Morgan fingerprint density at radius 2 is 2.17 bits per heavy atom. The smallest absolute Gasteiger partial charge is 0.272 e. The number of carbonyl (C=O) groups excluding carboxylic acids is 1. The predicted octanol–water partition coefficient (Wildman–Crippen LogP) is 2.82. The molecular formula is C21H28N7O-. The molecule has 0 aliphatic carbocycles. The lowest BCUT2D eigenvalue weighted by atomic mass is 10.1. The van der Waals surface area contributed by atoms with Crippen molar-refractivity contribution in [3.05, 3.63) is 41.7 Å². The number of fused-ring (bicyclic) bond motifs is 1. The molecule has 1 aliphatic heterocycles. The summed E-state index contributed by atoms with van der Waals surface area (Å²) in [4.78, 5) is 13.0. The molecule has 4 rings (SSSR count). The molecule has 1 aromatic carbocycles. The van der Waals surface area contributed by atoms with Crippen LogP contribution in [0.1, 0.15) is 30.8 Å². The largest absolute Gasteiger partial charge is 0.597 e. The Balaban J connectivity index is 1.67. The van der Waals surface area contributed by atoms with Crippen molar-refractivity contribution in [1.29, 1.82) is 0 Å². The first-order chi connectivity index (χ1) is 13.9. The van der Waals surface area contributed by atoms with Crippen molar-refractivity contribution in [2.45, 2.75) is 32.9 Å². The zero-order valence-corrected chi connectivity index (χ0v) is 17.5. The summed E-state index contributed by atoms with van der Waals surface area (Å²) in [5.74, 6) is 0.306. The summed E-state index contributed by atoms with van der Waals surface area (Å²) in [6, 6.07) is 6.24. The Bertz CT molecular complexity index is 1020. The molecule has 1 saturated heterocycles. The van der Waals surface area contributed by atoms with E-state index in [2.05, 4.69) is 35.8 Å². The quantitative estimate of drug-likeness (QED) is 0.697. The predicted molar refractivity (Wildman–Crippen MR) is 114 cm³/mol. The molecule has 1 amide bonds. The zero-order valence-electron chi connectivity index (χ0n) is 17.5. The van der Waals surface area contributed by atoms with Crippen LogP contribution in [0.25, 0.3) is 27.5 Å². The molecular weight excluding hydrogens is 366 g/mol. The van der Waals surface area contributed by atoms with Gasteiger partial charge in [-0.15, -0.1) is 0 Å². The summed E-state index contributed by atoms with van der Waals surface area (Å²) < 4.78 is 3.74. The average Bonchev–Trinajstić information content (AvgIpc) is 3.40. The molecule has 8 nitrogen and oxygen atoms in total. The maximum Gasteiger partial charge on any atom is 0.272 e. The van der Waals surface area contributed by atoms with Gasteiger partial charge in [0.15, 0.2) is 5.69 Å². The average molecular weight is 395 g/mol. The molecule has 8 heteroatoms. The first kappa shape index (κ1) is 19.6. The van der Waals surface area contributed by atoms with Gasteiger partial charge in [-0.1, -0.05) is 19.9 Å². The fourth-order valence-electron chi connectivity index (χ4n) is 3.87. The van der Waals surface area contributed by atoms with Gasteiger partial charge in [-0.2, -0.15) is 17.2 Å². The first-order valence-electron chi connectivity index (χ1n) is 10.1. The molecule has 1 fully saturated rings. The highest BCUT2D eigenvalue weighted by Gasteiger charge is 2.24. The third kappa shape index (κ3) is 4.04. The molecule has 3 aromatic rings. The number of aromatic nitrogens is 4. The fourth-order valence-corrected chi connectivity index (χ4v) is 3.87. The van der Waals surface area contributed by atoms with E-state index in [0.29, 0.717) is 11.6 Å². The van der Waals surface area contributed by atoms with Crippen molar-refractivity contribution in [2.75, 3.05) is 20.1 Å². The van der Waals surface area contributed by atoms with Crippen LogP contribution in [0, 0.1) is 5.92 Å². The minimum atomic E-state index is -0.116. The van der Waals surface area contributed by atoms with Crippen LogP contribution in [0.4, 0.5) is 0 Å². The van der Waals surface area contributed by atoms with Crippen molar-refractivity contribution in [3.8, 4) is 11.1 Å². The Morgan fingerprint density at radius 1 is 1.34 bits per heavy atom. The Hall–Kier alpha value is -2.71. The maximum atomic E-state index is 13.0. The van der Waals surface area contributed by atoms with E-state index in [-0.39, 0.29) is 11.9 Å². The maximum absolute atomic E-state index is 13.0. The van der Waals surface area contributed by atoms with E-state index in [4.69, 9.17) is 5.10 Å². The summed E-state index contributed by atoms with van der Waals surface area (Å²) in [7, 11) is 3.69. The van der Waals surface area contributed by atoms with Gasteiger partial charge in [-0.3, -0.25) is 14.2 Å². The van der Waals surface area contributed by atoms with Gasteiger partial charge < -0.3 is 15.8 Å². The van der Waals surface area contributed by atoms with Gasteiger partial charge in [0, 0.05) is 43.3 Å². The highest BCUT2D eigenvalue weighted by atomic mass is 16.2. The van der Waals surface area contributed by atoms with E-state index in [1.807, 2.05) is 41.3 Å². The fraction of sp³-hybridized carbons (Fsp3) is 0.476. The van der Waals surface area contributed by atoms with Crippen LogP contribution in [0.3, 0.4) is 0 Å². The molecule has 0 bridgehead atoms. The van der Waals surface area contributed by atoms with Gasteiger partial charge in [-0.05, 0) is 36.6 Å². The van der Waals surface area contributed by atoms with E-state index in [1.54, 1.807) is 11.7 Å². The van der Waals surface area contributed by atoms with Crippen molar-refractivity contribution < 1.29 is 4.79 Å². The Kier molecular flexibility index (Phi) is 5.38. The normalized spacial score (nSPS) is 17.5. The van der Waals surface area contributed by atoms with Crippen LogP contribution in [0.15, 0.2) is 30.6 Å². The zero-order chi connectivity index (χ0) is 20.5. The van der Waals surface area contributed by atoms with E-state index < -0.39 is 0 Å². The van der Waals surface area contributed by atoms with Crippen LogP contribution >= 0.6 is 0 Å². The van der Waals surface area contributed by atoms with E-state index >= 15 is 0 Å². The monoisotopic (exact) mass is 394 g/mol. The molecule has 29 heavy (non-hydrogen) atoms. The Morgan fingerprint density at radius 3 is 2.83 bits per heavy atom. The second kappa shape index (κ2) is 7.96. The summed E-state index contributed by atoms with van der Waals surface area (Å²) in [5, 5.41) is 15.0. The molecule has 0 radical (unpaired) electrons. The number of benzene rings is 1. The molecule has 0 unspecified atom stereocenters. The molecule has 3 heterocycles. The molecule has 154 valence electrons. The minimum absolute atomic E-state index is 0.103. The third-order valence-electron chi connectivity index (χ3n) is 5.33. The number of nitrogens with zero attached hydrogens (tertiary/aromatic N) is 6. The molecule has 1 N–H and O–H groups in total. The van der Waals surface area contributed by atoms with E-state index in [0.717, 1.165) is 48.1 Å². The summed E-state index contributed by atoms with van der Waals surface area (Å²) in [6.45, 7) is 6.68. The summed E-state index contributed by atoms with van der Waals surface area (Å²) in [6.07, 6.45) is 4.74. The molecule has 1 atom stereocenters. The lowest BCUT2D eigenvalue weighted by Gasteiger charge is -2.28. The SMILES string of the molecule is C[N-]N1CC[C@@H](NC(=O)c2nn(CC(C)C)c3cc(-c4cnn(C)c4)ccc23)C1. The molecule has 0 saturated carbocycles. The molecule has 1 aliphatic rings. The van der Waals surface area contributed by atoms with Gasteiger partial charge in [-0.25, -0.2) is 0 Å². The number of hydrogen-bond acceptors (Lipinski definition) is 4. The van der Waals surface area contributed by atoms with E-state index in [9.17, 15) is 4.79 Å². The van der Waals surface area contributed by atoms with Crippen LogP contribution in [-0.4, -0.2) is 56.7 Å². The highest BCUT2D eigenvalue weighted by Crippen LogP contribution is 2.27. The van der Waals surface area contributed by atoms with Gasteiger partial charge in [0.25, 0.3) is 5.91 Å². The topological polar surface area (TPSA) is 82.1 Å². The second-order valence-electron chi connectivity index (χ2n) is 8.13. The molecule has 0 spiro atoms. The van der Waals surface area contributed by atoms with Crippen molar-refractivity contribution >= 4 is 16.8 Å². The number of rotatable bonds is 6. The van der Waals surface area contributed by atoms with E-state index in [1.165, 1.54) is 0 Å². The number of aryl methyl sites for hydroxylation is 1. The van der Waals surface area contributed by atoms with Crippen LogP contribution < -0.4 is 5.32 Å². The van der Waals surface area contributed by atoms with Crippen molar-refractivity contribution in [1.82, 2.24) is 29.9 Å². The third-order valence-corrected chi connectivity index (χ3v) is 5.33. The van der Waals surface area contributed by atoms with Gasteiger partial charge >= 0.3 is 0 Å². The van der Waals surface area contributed by atoms with Gasteiger partial charge in [0.05, 0.1) is 11.7 Å². The van der Waals surface area contributed by atoms with Gasteiger partial charge in [0.2, 0.25) is 0 Å². The lowest BCUT2D eigenvalue weighted by Crippen LogP contribution is -2.36. The van der Waals surface area contributed by atoms with Crippen LogP contribution in [-0.2, 0) is 13.6 Å². The van der Waals surface area contributed by atoms with Crippen LogP contribution in [0.2, 0.25) is 0 Å². The summed E-state index contributed by atoms with van der Waals surface area (Å²) >= 11 is 0. The number of amides is 1. The van der Waals surface area contributed by atoms with Gasteiger partial charge in [0.1, 0.15) is 0 Å². The molecule has 2 aromatic heterocycles. The second-order valence-corrected chi connectivity index (χ2v) is 8.13. The number of carbonyl (C=O) groups is 1. The minimum Gasteiger partial charge on any atom is -0.597 e.